The van der Waals surface area contributed by atoms with E-state index in [0.717, 1.165) is 49.4 Å². The predicted molar refractivity (Wildman–Crippen MR) is 111 cm³/mol. The first kappa shape index (κ1) is 19.0. The first-order chi connectivity index (χ1) is 15.7. The zero-order valence-corrected chi connectivity index (χ0v) is 17.3. The van der Waals surface area contributed by atoms with E-state index >= 15 is 0 Å². The van der Waals surface area contributed by atoms with E-state index in [-0.39, 0.29) is 24.3 Å². The van der Waals surface area contributed by atoms with Gasteiger partial charge < -0.3 is 30.2 Å². The van der Waals surface area contributed by atoms with Crippen LogP contribution in [-0.2, 0) is 16.0 Å². The lowest BCUT2D eigenvalue weighted by Gasteiger charge is -2.26. The number of nitrogens with zero attached hydrogens (tertiary/aromatic N) is 5. The highest BCUT2D eigenvalue weighted by molar-refractivity contribution is 5.78. The van der Waals surface area contributed by atoms with Crippen LogP contribution in [0.25, 0.3) is 11.5 Å². The minimum atomic E-state index is -0.0581. The van der Waals surface area contributed by atoms with Crippen molar-refractivity contribution in [1.29, 1.82) is 0 Å². The van der Waals surface area contributed by atoms with Crippen LogP contribution in [0.3, 0.4) is 0 Å². The fraction of sp³-hybridized carbons (Fsp3) is 0.450. The normalized spacial score (nSPS) is 21.8. The first-order valence-corrected chi connectivity index (χ1v) is 10.7. The number of hydrazine groups is 2. The van der Waals surface area contributed by atoms with Crippen LogP contribution in [0.15, 0.2) is 39.5 Å². The summed E-state index contributed by atoms with van der Waals surface area (Å²) in [5.74, 6) is 2.19. The van der Waals surface area contributed by atoms with Crippen molar-refractivity contribution >= 4 is 11.9 Å². The fourth-order valence-electron chi connectivity index (χ4n) is 4.44. The highest BCUT2D eigenvalue weighted by atomic mass is 16.5. The van der Waals surface area contributed by atoms with Gasteiger partial charge in [-0.2, -0.15) is 5.53 Å². The third kappa shape index (κ3) is 3.62. The van der Waals surface area contributed by atoms with Crippen molar-refractivity contribution in [2.75, 3.05) is 25.0 Å². The Morgan fingerprint density at radius 2 is 2.03 bits per heavy atom. The van der Waals surface area contributed by atoms with Crippen LogP contribution in [0.4, 0.5) is 5.95 Å². The molecule has 2 aromatic heterocycles. The third-order valence-electron chi connectivity index (χ3n) is 6.12. The molecule has 0 spiro atoms. The lowest BCUT2D eigenvalue weighted by molar-refractivity contribution is -0.130. The van der Waals surface area contributed by atoms with Gasteiger partial charge >= 0.3 is 0 Å². The molecule has 166 valence electrons. The molecule has 0 fully saturated rings. The molecule has 0 bridgehead atoms. The SMILES string of the molecule is O=C(Cc1nnc(-c2cnc(NC3CC4=C(C3)OCC4)nc2)o1)N1CCC2=C(C1)NNN2. The maximum Gasteiger partial charge on any atom is 0.250 e. The average molecular weight is 437 g/mol. The number of nitrogens with one attached hydrogen (secondary N) is 4. The molecular formula is C20H23N9O3. The van der Waals surface area contributed by atoms with Crippen LogP contribution in [-0.4, -0.2) is 56.7 Å². The van der Waals surface area contributed by atoms with E-state index in [2.05, 4.69) is 41.9 Å². The minimum Gasteiger partial charge on any atom is -0.498 e. The van der Waals surface area contributed by atoms with Crippen molar-refractivity contribution in [3.05, 3.63) is 41.0 Å². The smallest absolute Gasteiger partial charge is 0.250 e. The van der Waals surface area contributed by atoms with E-state index in [1.165, 1.54) is 5.57 Å². The lowest BCUT2D eigenvalue weighted by atomic mass is 10.1. The van der Waals surface area contributed by atoms with Gasteiger partial charge in [0.1, 0.15) is 6.42 Å². The van der Waals surface area contributed by atoms with Gasteiger partial charge in [-0.25, -0.2) is 9.97 Å². The summed E-state index contributed by atoms with van der Waals surface area (Å²) in [7, 11) is 0. The van der Waals surface area contributed by atoms with Gasteiger partial charge in [0.05, 0.1) is 35.9 Å². The molecule has 12 nitrogen and oxygen atoms in total. The summed E-state index contributed by atoms with van der Waals surface area (Å²) in [6.45, 7) is 1.97. The summed E-state index contributed by atoms with van der Waals surface area (Å²) >= 11 is 0. The molecule has 1 amide bonds. The Labute approximate surface area is 183 Å². The van der Waals surface area contributed by atoms with Gasteiger partial charge in [-0.3, -0.25) is 4.79 Å². The molecule has 0 radical (unpaired) electrons. The van der Waals surface area contributed by atoms with Crippen LogP contribution in [0.2, 0.25) is 0 Å². The summed E-state index contributed by atoms with van der Waals surface area (Å²) < 4.78 is 11.3. The monoisotopic (exact) mass is 437 g/mol. The number of rotatable bonds is 5. The van der Waals surface area contributed by atoms with Crippen molar-refractivity contribution < 1.29 is 13.9 Å². The number of aromatic nitrogens is 4. The van der Waals surface area contributed by atoms with Crippen LogP contribution < -0.4 is 21.7 Å². The molecule has 2 aromatic rings. The van der Waals surface area contributed by atoms with Gasteiger partial charge in [0, 0.05) is 44.2 Å². The molecule has 4 aliphatic rings. The number of ether oxygens (including phenoxy) is 1. The van der Waals surface area contributed by atoms with Crippen molar-refractivity contribution in [2.45, 2.75) is 38.1 Å². The van der Waals surface area contributed by atoms with E-state index < -0.39 is 0 Å². The molecule has 3 aliphatic heterocycles. The summed E-state index contributed by atoms with van der Waals surface area (Å²) in [6, 6.07) is 0.264. The van der Waals surface area contributed by atoms with Crippen LogP contribution in [0.1, 0.15) is 31.6 Å². The molecule has 32 heavy (non-hydrogen) atoms. The molecule has 6 rings (SSSR count). The van der Waals surface area contributed by atoms with Crippen LogP contribution in [0.5, 0.6) is 0 Å². The van der Waals surface area contributed by atoms with Gasteiger partial charge in [-0.1, -0.05) is 0 Å². The molecule has 0 aromatic carbocycles. The quantitative estimate of drug-likeness (QED) is 0.515. The standard InChI is InChI=1S/C20H23N9O3/c30-18(29-3-1-14-15(10-29)25-28-24-14)7-17-26-27-19(32-17)12-8-21-20(22-9-12)23-13-5-11-2-4-31-16(11)6-13/h8-9,13,24-25,28H,1-7,10H2,(H,21,22,23). The number of carbonyl (C=O) groups is 1. The Morgan fingerprint density at radius 1 is 1.16 bits per heavy atom. The van der Waals surface area contributed by atoms with Gasteiger partial charge in [0.15, 0.2) is 0 Å². The molecule has 1 aliphatic carbocycles. The second-order valence-electron chi connectivity index (χ2n) is 8.25. The van der Waals surface area contributed by atoms with Crippen LogP contribution >= 0.6 is 0 Å². The summed E-state index contributed by atoms with van der Waals surface area (Å²) in [5, 5.41) is 11.4. The van der Waals surface area contributed by atoms with Gasteiger partial charge in [0.25, 0.3) is 5.89 Å². The zero-order valence-electron chi connectivity index (χ0n) is 17.3. The Hall–Kier alpha value is -3.67. The van der Waals surface area contributed by atoms with E-state index in [1.54, 1.807) is 17.3 Å². The highest BCUT2D eigenvalue weighted by Gasteiger charge is 2.29. The minimum absolute atomic E-state index is 0.0540. The van der Waals surface area contributed by atoms with Gasteiger partial charge in [0.2, 0.25) is 17.7 Å². The molecule has 5 heterocycles. The van der Waals surface area contributed by atoms with Crippen molar-refractivity contribution in [2.24, 2.45) is 0 Å². The predicted octanol–water partition coefficient (Wildman–Crippen LogP) is 0.374. The van der Waals surface area contributed by atoms with Crippen molar-refractivity contribution in [3.8, 4) is 11.5 Å². The van der Waals surface area contributed by atoms with E-state index in [4.69, 9.17) is 9.15 Å². The Balaban J connectivity index is 1.05. The maximum atomic E-state index is 12.6. The molecule has 4 N–H and O–H groups in total. The third-order valence-corrected chi connectivity index (χ3v) is 6.12. The number of carbonyl (C=O) groups excluding carboxylic acids is 1. The number of hydrogen-bond acceptors (Lipinski definition) is 11. The number of amides is 1. The van der Waals surface area contributed by atoms with Crippen molar-refractivity contribution in [1.82, 2.24) is 41.5 Å². The lowest BCUT2D eigenvalue weighted by Crippen LogP contribution is -2.40. The number of anilines is 1. The zero-order chi connectivity index (χ0) is 21.5. The van der Waals surface area contributed by atoms with Gasteiger partial charge in [-0.05, 0) is 12.0 Å². The second-order valence-corrected chi connectivity index (χ2v) is 8.25. The summed E-state index contributed by atoms with van der Waals surface area (Å²) in [6.07, 6.45) is 6.98. The van der Waals surface area contributed by atoms with Gasteiger partial charge in [-0.15, -0.1) is 10.2 Å². The second kappa shape index (κ2) is 7.79. The maximum absolute atomic E-state index is 12.6. The molecule has 1 atom stereocenters. The van der Waals surface area contributed by atoms with E-state index in [1.807, 2.05) is 0 Å². The van der Waals surface area contributed by atoms with Crippen molar-refractivity contribution in [3.63, 3.8) is 0 Å². The Bertz CT molecular complexity index is 1090. The van der Waals surface area contributed by atoms with E-state index in [0.29, 0.717) is 30.5 Å². The fourth-order valence-corrected chi connectivity index (χ4v) is 4.44. The molecular weight excluding hydrogens is 414 g/mol. The highest BCUT2D eigenvalue weighted by Crippen LogP contribution is 2.35. The topological polar surface area (TPSA) is 142 Å². The largest absolute Gasteiger partial charge is 0.498 e. The average Bonchev–Trinajstić information content (AvgIpc) is 3.58. The Morgan fingerprint density at radius 3 is 2.91 bits per heavy atom. The summed E-state index contributed by atoms with van der Waals surface area (Å²) in [4.78, 5) is 23.2. The number of hydrogen-bond donors (Lipinski definition) is 4. The molecule has 12 heteroatoms. The Kier molecular flexibility index (Phi) is 4.63. The molecule has 1 unspecified atom stereocenters. The molecule has 0 saturated heterocycles. The van der Waals surface area contributed by atoms with E-state index in [9.17, 15) is 4.79 Å². The molecule has 0 saturated carbocycles. The van der Waals surface area contributed by atoms with Crippen LogP contribution in [0, 0.1) is 0 Å². The summed E-state index contributed by atoms with van der Waals surface area (Å²) in [5.41, 5.74) is 13.0. The first-order valence-electron chi connectivity index (χ1n) is 10.7.